The van der Waals surface area contributed by atoms with Gasteiger partial charge in [0.15, 0.2) is 6.29 Å². The molecular weight excluding hydrogens is 380 g/mol. The molecule has 0 aromatic carbocycles. The maximum Gasteiger partial charge on any atom is 0.506 e. The smallest absolute Gasteiger partial charge is 0.450 e. The Labute approximate surface area is 154 Å². The van der Waals surface area contributed by atoms with Crippen molar-refractivity contribution >= 4 is 24.6 Å². The first kappa shape index (κ1) is 28.8. The number of methoxy groups -OCH3 is 2. The predicted molar refractivity (Wildman–Crippen MR) is 84.0 cm³/mol. The van der Waals surface area contributed by atoms with Crippen LogP contribution in [-0.4, -0.2) is 91.5 Å². The quantitative estimate of drug-likeness (QED) is 0.197. The van der Waals surface area contributed by atoms with Gasteiger partial charge in [-0.15, -0.1) is 0 Å². The first-order chi connectivity index (χ1) is 12.5. The van der Waals surface area contributed by atoms with Crippen LogP contribution in [0.4, 0.5) is 19.2 Å². The lowest BCUT2D eigenvalue weighted by Crippen LogP contribution is -2.20. The highest BCUT2D eigenvalue weighted by Crippen LogP contribution is 1.92. The van der Waals surface area contributed by atoms with E-state index in [-0.39, 0.29) is 26.1 Å². The molecule has 0 amide bonds. The van der Waals surface area contributed by atoms with Gasteiger partial charge in [0.05, 0.1) is 0 Å². The van der Waals surface area contributed by atoms with Crippen molar-refractivity contribution in [1.29, 1.82) is 0 Å². The second-order valence-corrected chi connectivity index (χ2v) is 4.04. The SMILES string of the molecule is CC(COC(=O)O)OC(=O)O.COC(C)OC.O=C(O)OCCOC(=O)O. The summed E-state index contributed by atoms with van der Waals surface area (Å²) in [5.74, 6) is 0. The molecule has 0 radical (unpaired) electrons. The lowest BCUT2D eigenvalue weighted by atomic mass is 10.4. The Morgan fingerprint density at radius 3 is 1.30 bits per heavy atom. The third-order valence-corrected chi connectivity index (χ3v) is 1.94. The molecule has 0 aliphatic rings. The third-order valence-electron chi connectivity index (χ3n) is 1.94. The number of carbonyl (C=O) groups is 4. The minimum absolute atomic E-state index is 0.0648. The van der Waals surface area contributed by atoms with Gasteiger partial charge in [0.25, 0.3) is 0 Å². The van der Waals surface area contributed by atoms with Crippen LogP contribution in [0.25, 0.3) is 0 Å². The van der Waals surface area contributed by atoms with E-state index in [2.05, 4.69) is 28.4 Å². The number of hydrogen-bond acceptors (Lipinski definition) is 10. The van der Waals surface area contributed by atoms with Crippen LogP contribution in [-0.2, 0) is 28.4 Å². The van der Waals surface area contributed by atoms with Crippen molar-refractivity contribution in [3.05, 3.63) is 0 Å². The fourth-order valence-electron chi connectivity index (χ4n) is 0.749. The van der Waals surface area contributed by atoms with Crippen molar-refractivity contribution in [2.24, 2.45) is 0 Å². The molecule has 160 valence electrons. The van der Waals surface area contributed by atoms with Crippen molar-refractivity contribution in [1.82, 2.24) is 0 Å². The van der Waals surface area contributed by atoms with Gasteiger partial charge in [0.2, 0.25) is 0 Å². The van der Waals surface area contributed by atoms with Gasteiger partial charge in [-0.05, 0) is 13.8 Å². The molecule has 0 aliphatic carbocycles. The molecule has 1 unspecified atom stereocenters. The van der Waals surface area contributed by atoms with Gasteiger partial charge in [-0.2, -0.15) is 0 Å². The first-order valence-electron chi connectivity index (χ1n) is 6.98. The molecule has 0 rings (SSSR count). The molecule has 4 N–H and O–H groups in total. The number of hydrogen-bond donors (Lipinski definition) is 4. The van der Waals surface area contributed by atoms with E-state index in [1.807, 2.05) is 6.92 Å². The van der Waals surface area contributed by atoms with Gasteiger partial charge in [-0.25, -0.2) is 19.2 Å². The maximum absolute atomic E-state index is 9.83. The summed E-state index contributed by atoms with van der Waals surface area (Å²) in [6.07, 6.45) is -6.64. The second kappa shape index (κ2) is 19.3. The molecule has 0 aliphatic heterocycles. The molecule has 0 saturated heterocycles. The zero-order valence-electron chi connectivity index (χ0n) is 15.1. The lowest BCUT2D eigenvalue weighted by molar-refractivity contribution is -0.0877. The van der Waals surface area contributed by atoms with E-state index in [0.717, 1.165) is 0 Å². The molecule has 27 heavy (non-hydrogen) atoms. The zero-order valence-corrected chi connectivity index (χ0v) is 15.1. The normalized spacial score (nSPS) is 10.1. The monoisotopic (exact) mass is 404 g/mol. The summed E-state index contributed by atoms with van der Waals surface area (Å²) in [6, 6.07) is 0. The molecule has 0 aromatic heterocycles. The van der Waals surface area contributed by atoms with E-state index in [1.165, 1.54) is 6.92 Å². The average molecular weight is 404 g/mol. The van der Waals surface area contributed by atoms with Crippen molar-refractivity contribution in [3.8, 4) is 0 Å². The standard InChI is InChI=1S/C5H8O6.C4H6O6.C4H10O2/c1-3(11-5(8)9)2-10-4(6)7;5-3(6)9-1-2-10-4(7)8;1-4(5-2)6-3/h3H,2H2,1H3,(H,6,7)(H,8,9);1-2H2,(H,5,6)(H,7,8);4H,1-3H3. The van der Waals surface area contributed by atoms with Crippen LogP contribution in [0.5, 0.6) is 0 Å². The topological polar surface area (TPSA) is 205 Å². The van der Waals surface area contributed by atoms with E-state index >= 15 is 0 Å². The van der Waals surface area contributed by atoms with Crippen LogP contribution < -0.4 is 0 Å². The average Bonchev–Trinajstić information content (AvgIpc) is 2.56. The Hall–Kier alpha value is -3.00. The Bertz CT molecular complexity index is 403. The molecule has 1 atom stereocenters. The van der Waals surface area contributed by atoms with E-state index in [1.54, 1.807) is 14.2 Å². The molecular formula is C13H24O14. The van der Waals surface area contributed by atoms with Crippen LogP contribution in [0.2, 0.25) is 0 Å². The third kappa shape index (κ3) is 35.1. The van der Waals surface area contributed by atoms with Crippen LogP contribution >= 0.6 is 0 Å². The van der Waals surface area contributed by atoms with Crippen LogP contribution in [0.3, 0.4) is 0 Å². The molecule has 14 nitrogen and oxygen atoms in total. The molecule has 0 fully saturated rings. The highest BCUT2D eigenvalue weighted by Gasteiger charge is 2.09. The Kier molecular flexibility index (Phi) is 20.6. The summed E-state index contributed by atoms with van der Waals surface area (Å²) in [7, 11) is 3.21. The fraction of sp³-hybridized carbons (Fsp3) is 0.692. The van der Waals surface area contributed by atoms with Gasteiger partial charge in [0, 0.05) is 14.2 Å². The van der Waals surface area contributed by atoms with Gasteiger partial charge < -0.3 is 48.8 Å². The van der Waals surface area contributed by atoms with Gasteiger partial charge in [-0.1, -0.05) is 0 Å². The Morgan fingerprint density at radius 1 is 0.704 bits per heavy atom. The van der Waals surface area contributed by atoms with Crippen molar-refractivity contribution in [2.75, 3.05) is 34.0 Å². The van der Waals surface area contributed by atoms with Gasteiger partial charge in [0.1, 0.15) is 25.9 Å². The first-order valence-corrected chi connectivity index (χ1v) is 6.98. The Morgan fingerprint density at radius 2 is 1.07 bits per heavy atom. The molecule has 0 spiro atoms. The van der Waals surface area contributed by atoms with Crippen molar-refractivity contribution in [3.63, 3.8) is 0 Å². The molecule has 14 heteroatoms. The summed E-state index contributed by atoms with van der Waals surface area (Å²) < 4.78 is 25.4. The van der Waals surface area contributed by atoms with E-state index < -0.39 is 30.7 Å². The van der Waals surface area contributed by atoms with E-state index in [0.29, 0.717) is 0 Å². The minimum atomic E-state index is -1.45. The number of ether oxygens (including phenoxy) is 6. The van der Waals surface area contributed by atoms with Crippen molar-refractivity contribution < 1.29 is 68.0 Å². The van der Waals surface area contributed by atoms with Crippen LogP contribution in [0, 0.1) is 0 Å². The second-order valence-electron chi connectivity index (χ2n) is 4.04. The summed E-state index contributed by atoms with van der Waals surface area (Å²) in [5.41, 5.74) is 0. The molecule has 0 aromatic rings. The molecule has 0 bridgehead atoms. The number of carboxylic acid groups (broad SMARTS) is 4. The zero-order chi connectivity index (χ0) is 21.8. The van der Waals surface area contributed by atoms with Crippen molar-refractivity contribution in [2.45, 2.75) is 26.2 Å². The summed E-state index contributed by atoms with van der Waals surface area (Å²) in [5, 5.41) is 31.7. The Balaban J connectivity index is -0.000000334. The largest absolute Gasteiger partial charge is 0.506 e. The fourth-order valence-corrected chi connectivity index (χ4v) is 0.749. The summed E-state index contributed by atoms with van der Waals surface area (Å²) in [4.78, 5) is 38.8. The summed E-state index contributed by atoms with van der Waals surface area (Å²) in [6.45, 7) is 2.38. The highest BCUT2D eigenvalue weighted by atomic mass is 16.7. The lowest BCUT2D eigenvalue weighted by Gasteiger charge is -2.08. The van der Waals surface area contributed by atoms with Gasteiger partial charge >= 0.3 is 24.6 Å². The minimum Gasteiger partial charge on any atom is -0.450 e. The summed E-state index contributed by atoms with van der Waals surface area (Å²) >= 11 is 0. The number of rotatable bonds is 8. The van der Waals surface area contributed by atoms with Crippen LogP contribution in [0.1, 0.15) is 13.8 Å². The van der Waals surface area contributed by atoms with E-state index in [9.17, 15) is 19.2 Å². The predicted octanol–water partition coefficient (Wildman–Crippen LogP) is 1.76. The maximum atomic E-state index is 9.83. The molecule has 0 saturated carbocycles. The van der Waals surface area contributed by atoms with E-state index in [4.69, 9.17) is 20.4 Å². The van der Waals surface area contributed by atoms with Crippen LogP contribution in [0.15, 0.2) is 0 Å². The molecule has 0 heterocycles. The van der Waals surface area contributed by atoms with Gasteiger partial charge in [-0.3, -0.25) is 0 Å². The highest BCUT2D eigenvalue weighted by molar-refractivity contribution is 5.58.